The second kappa shape index (κ2) is 10.4. The van der Waals surface area contributed by atoms with E-state index in [-0.39, 0.29) is 22.6 Å². The summed E-state index contributed by atoms with van der Waals surface area (Å²) in [5.41, 5.74) is 3.40. The molecule has 8 nitrogen and oxygen atoms in total. The zero-order valence-corrected chi connectivity index (χ0v) is 19.0. The molecule has 0 aliphatic carbocycles. The van der Waals surface area contributed by atoms with Crippen LogP contribution in [0.3, 0.4) is 0 Å². The number of imidazole rings is 1. The normalized spacial score (nSPS) is 10.1. The summed E-state index contributed by atoms with van der Waals surface area (Å²) in [6, 6.07) is 14.4. The maximum Gasteiger partial charge on any atom is 0.323 e. The van der Waals surface area contributed by atoms with Gasteiger partial charge in [-0.3, -0.25) is 14.6 Å². The van der Waals surface area contributed by atoms with Crippen molar-refractivity contribution in [3.8, 4) is 17.2 Å². The predicted molar refractivity (Wildman–Crippen MR) is 128 cm³/mol. The first-order valence-corrected chi connectivity index (χ1v) is 11.1. The third-order valence-corrected chi connectivity index (χ3v) is 5.59. The summed E-state index contributed by atoms with van der Waals surface area (Å²) < 4.78 is 0. The number of aryl methyl sites for hydroxylation is 2. The van der Waals surface area contributed by atoms with Crippen LogP contribution >= 0.6 is 11.8 Å². The lowest BCUT2D eigenvalue weighted by Crippen LogP contribution is -2.11. The number of carbonyl (C=O) groups is 1. The maximum absolute atomic E-state index is 12.1. The minimum absolute atomic E-state index is 0.123. The van der Waals surface area contributed by atoms with E-state index < -0.39 is 0 Å². The Morgan fingerprint density at radius 1 is 0.970 bits per heavy atom. The van der Waals surface area contributed by atoms with Crippen molar-refractivity contribution in [3.63, 3.8) is 0 Å². The van der Waals surface area contributed by atoms with E-state index >= 15 is 0 Å². The van der Waals surface area contributed by atoms with Crippen LogP contribution in [-0.2, 0) is 0 Å². The zero-order valence-electron chi connectivity index (χ0n) is 18.2. The van der Waals surface area contributed by atoms with Crippen molar-refractivity contribution in [3.05, 3.63) is 104 Å². The van der Waals surface area contributed by atoms with Crippen molar-refractivity contribution >= 4 is 17.5 Å². The second-order valence-corrected chi connectivity index (χ2v) is 7.91. The quantitative estimate of drug-likeness (QED) is 0.315. The summed E-state index contributed by atoms with van der Waals surface area (Å²) >= 11 is 1.62. The van der Waals surface area contributed by atoms with E-state index in [9.17, 15) is 14.4 Å². The molecule has 0 saturated carbocycles. The minimum atomic E-state index is -0.355. The van der Waals surface area contributed by atoms with E-state index in [1.54, 1.807) is 56.2 Å². The van der Waals surface area contributed by atoms with Gasteiger partial charge in [-0.1, -0.05) is 0 Å². The fourth-order valence-corrected chi connectivity index (χ4v) is 3.53. The molecule has 4 rings (SSSR count). The monoisotopic (exact) mass is 459 g/mol. The molecule has 0 aliphatic heterocycles. The number of aromatic nitrogens is 4. The number of thioether (sulfide) groups is 1. The molecule has 3 heterocycles. The van der Waals surface area contributed by atoms with Crippen LogP contribution in [0.2, 0.25) is 0 Å². The fourth-order valence-electron chi connectivity index (χ4n) is 3.12. The summed E-state index contributed by atoms with van der Waals surface area (Å²) in [5.74, 6) is -0.173. The van der Waals surface area contributed by atoms with E-state index in [2.05, 4.69) is 19.9 Å². The molecule has 0 aliphatic rings. The molecule has 4 aromatic rings. The highest BCUT2D eigenvalue weighted by atomic mass is 32.2. The zero-order chi connectivity index (χ0) is 24.0. The van der Waals surface area contributed by atoms with Crippen LogP contribution in [0.4, 0.5) is 0 Å². The maximum atomic E-state index is 12.1. The highest BCUT2D eigenvalue weighted by Crippen LogP contribution is 2.20. The number of hydrogen-bond donors (Lipinski definition) is 3. The predicted octanol–water partition coefficient (Wildman–Crippen LogP) is 3.58. The largest absolute Gasteiger partial charge is 0.325 e. The first-order valence-electron chi connectivity index (χ1n) is 9.86. The summed E-state index contributed by atoms with van der Waals surface area (Å²) in [6.07, 6.45) is 5.32. The smallest absolute Gasteiger partial charge is 0.323 e. The summed E-state index contributed by atoms with van der Waals surface area (Å²) in [5, 5.41) is 8.80. The number of nitrogens with zero attached hydrogens (tertiary/aromatic N) is 2. The van der Waals surface area contributed by atoms with Crippen molar-refractivity contribution in [1.29, 1.82) is 5.26 Å². The SMILES string of the molecule is CSc1ccc(C(=O)c2[nH]c(=O)[nH]c2C)cc1.Cc1[nH]c(=O)c(C#N)cc1-c1ccncc1. The van der Waals surface area contributed by atoms with E-state index in [0.717, 1.165) is 21.7 Å². The summed E-state index contributed by atoms with van der Waals surface area (Å²) in [4.78, 5) is 47.3. The van der Waals surface area contributed by atoms with E-state index in [1.165, 1.54) is 0 Å². The molecule has 9 heteroatoms. The first-order chi connectivity index (χ1) is 15.8. The molecule has 0 fully saturated rings. The van der Waals surface area contributed by atoms with Crippen molar-refractivity contribution in [1.82, 2.24) is 19.9 Å². The molecule has 3 N–H and O–H groups in total. The summed E-state index contributed by atoms with van der Waals surface area (Å²) in [6.45, 7) is 3.50. The average molecular weight is 460 g/mol. The lowest BCUT2D eigenvalue weighted by atomic mass is 10.0. The van der Waals surface area contributed by atoms with Gasteiger partial charge >= 0.3 is 5.69 Å². The highest BCUT2D eigenvalue weighted by Gasteiger charge is 2.14. The first kappa shape index (κ1) is 23.5. The molecule has 0 atom stereocenters. The molecule has 33 heavy (non-hydrogen) atoms. The molecule has 3 aromatic heterocycles. The van der Waals surface area contributed by atoms with Crippen LogP contribution in [0.1, 0.15) is 33.0 Å². The Balaban J connectivity index is 0.000000186. The van der Waals surface area contributed by atoms with Crippen LogP contribution in [0.25, 0.3) is 11.1 Å². The number of aromatic amines is 3. The third kappa shape index (κ3) is 5.56. The van der Waals surface area contributed by atoms with Gasteiger partial charge < -0.3 is 15.0 Å². The molecule has 0 saturated heterocycles. The number of carbonyl (C=O) groups excluding carboxylic acids is 1. The van der Waals surface area contributed by atoms with Gasteiger partial charge in [0.05, 0.1) is 0 Å². The fraction of sp³-hybridized carbons (Fsp3) is 0.125. The van der Waals surface area contributed by atoms with Crippen molar-refractivity contribution in [2.24, 2.45) is 0 Å². The van der Waals surface area contributed by atoms with Gasteiger partial charge in [-0.15, -0.1) is 11.8 Å². The average Bonchev–Trinajstić information content (AvgIpc) is 3.17. The van der Waals surface area contributed by atoms with Gasteiger partial charge in [0.15, 0.2) is 0 Å². The highest BCUT2D eigenvalue weighted by molar-refractivity contribution is 7.98. The van der Waals surface area contributed by atoms with Gasteiger partial charge in [-0.05, 0) is 68.1 Å². The number of nitrogens with one attached hydrogen (secondary N) is 3. The Hall–Kier alpha value is -4.16. The lowest BCUT2D eigenvalue weighted by molar-refractivity contribution is 0.103. The number of hydrogen-bond acceptors (Lipinski definition) is 6. The Labute approximate surface area is 193 Å². The van der Waals surface area contributed by atoms with Crippen LogP contribution in [0.5, 0.6) is 0 Å². The molecule has 0 radical (unpaired) electrons. The van der Waals surface area contributed by atoms with Gasteiger partial charge in [0, 0.05) is 39.8 Å². The Bertz CT molecular complexity index is 1430. The topological polar surface area (TPSA) is 135 Å². The molecular weight excluding hydrogens is 438 g/mol. The molecule has 1 aromatic carbocycles. The summed E-state index contributed by atoms with van der Waals surface area (Å²) in [7, 11) is 0. The Kier molecular flexibility index (Phi) is 7.43. The number of pyridine rings is 2. The Morgan fingerprint density at radius 3 is 2.18 bits per heavy atom. The third-order valence-electron chi connectivity index (χ3n) is 4.84. The molecule has 0 bridgehead atoms. The van der Waals surface area contributed by atoms with Crippen LogP contribution in [0.15, 0.2) is 69.3 Å². The molecule has 0 unspecified atom stereocenters. The molecule has 0 spiro atoms. The number of rotatable bonds is 4. The minimum Gasteiger partial charge on any atom is -0.325 e. The van der Waals surface area contributed by atoms with Gasteiger partial charge in [-0.2, -0.15) is 5.26 Å². The van der Waals surface area contributed by atoms with Gasteiger partial charge in [-0.25, -0.2) is 4.79 Å². The number of H-pyrrole nitrogens is 3. The number of ketones is 1. The standard InChI is InChI=1S/C12H9N3O.C12H12N2O2S/c1-8-11(9-2-4-14-5-3-9)6-10(7-13)12(16)15-8;1-7-10(14-12(16)13-7)11(15)8-3-5-9(17-2)6-4-8/h2-6H,1H3,(H,15,16);3-6H,1-2H3,(H2,13,14,16). The van der Waals surface area contributed by atoms with Gasteiger partial charge in [0.1, 0.15) is 17.3 Å². The van der Waals surface area contributed by atoms with Gasteiger partial charge in [0.25, 0.3) is 5.56 Å². The number of benzene rings is 1. The van der Waals surface area contributed by atoms with Crippen molar-refractivity contribution < 1.29 is 4.79 Å². The number of nitriles is 1. The molecule has 166 valence electrons. The second-order valence-electron chi connectivity index (χ2n) is 7.04. The van der Waals surface area contributed by atoms with Gasteiger partial charge in [0.2, 0.25) is 5.78 Å². The van der Waals surface area contributed by atoms with E-state index in [4.69, 9.17) is 5.26 Å². The van der Waals surface area contributed by atoms with E-state index in [0.29, 0.717) is 17.0 Å². The molecule has 0 amide bonds. The molecular formula is C24H21N5O3S. The Morgan fingerprint density at radius 2 is 1.64 bits per heavy atom. The lowest BCUT2D eigenvalue weighted by Gasteiger charge is -2.05. The van der Waals surface area contributed by atoms with Crippen molar-refractivity contribution in [2.45, 2.75) is 18.7 Å². The van der Waals surface area contributed by atoms with Crippen molar-refractivity contribution in [2.75, 3.05) is 6.26 Å². The van der Waals surface area contributed by atoms with Crippen LogP contribution in [0, 0.1) is 25.2 Å². The van der Waals surface area contributed by atoms with E-state index in [1.807, 2.05) is 36.6 Å². The van der Waals surface area contributed by atoms with Crippen LogP contribution in [-0.4, -0.2) is 32.0 Å². The van der Waals surface area contributed by atoms with Crippen LogP contribution < -0.4 is 11.2 Å².